The van der Waals surface area contributed by atoms with Crippen LogP contribution in [-0.2, 0) is 19.7 Å². The van der Waals surface area contributed by atoms with E-state index in [9.17, 15) is 18.0 Å². The van der Waals surface area contributed by atoms with Crippen LogP contribution in [0.5, 0.6) is 0 Å². The van der Waals surface area contributed by atoms with Crippen molar-refractivity contribution in [2.75, 3.05) is 30.9 Å². The molecule has 4 N–H and O–H groups in total. The highest BCUT2D eigenvalue weighted by Crippen LogP contribution is 1.98. The molecule has 1 amide bonds. The Bertz CT molecular complexity index is 388. The van der Waals surface area contributed by atoms with Gasteiger partial charge in [-0.1, -0.05) is 0 Å². The van der Waals surface area contributed by atoms with Crippen LogP contribution in [-0.4, -0.2) is 62.1 Å². The van der Waals surface area contributed by atoms with E-state index in [-0.39, 0.29) is 31.2 Å². The second-order valence-electron chi connectivity index (χ2n) is 4.01. The summed E-state index contributed by atoms with van der Waals surface area (Å²) in [6.45, 7) is 0.256. The third kappa shape index (κ3) is 12.4. The number of amides is 1. The fourth-order valence-corrected chi connectivity index (χ4v) is 2.25. The van der Waals surface area contributed by atoms with Gasteiger partial charge in [-0.15, -0.1) is 0 Å². The lowest BCUT2D eigenvalue weighted by Gasteiger charge is -2.12. The zero-order chi connectivity index (χ0) is 15.4. The first-order valence-electron chi connectivity index (χ1n) is 6.03. The number of carbonyl (C=O) groups excluding carboxylic acids is 2. The smallest absolute Gasteiger partial charge is 0.264 e. The molecule has 10 heteroatoms. The van der Waals surface area contributed by atoms with Crippen molar-refractivity contribution in [3.8, 4) is 0 Å². The monoisotopic (exact) mass is 327 g/mol. The molecule has 8 nitrogen and oxygen atoms in total. The molecule has 20 heavy (non-hydrogen) atoms. The first kappa shape index (κ1) is 19.3. The minimum atomic E-state index is -3.94. The van der Waals surface area contributed by atoms with Crippen LogP contribution in [0.25, 0.3) is 0 Å². The Hall–Kier alpha value is -0.680. The molecule has 0 bridgehead atoms. The Labute approximate surface area is 123 Å². The van der Waals surface area contributed by atoms with Gasteiger partial charge in [-0.2, -0.15) is 20.2 Å². The van der Waals surface area contributed by atoms with E-state index < -0.39 is 16.2 Å². The molecule has 0 heterocycles. The SMILES string of the molecule is CSCC[C@@H](C=O)NC(=O)CNNCCCS(=O)(=O)O. The molecule has 118 valence electrons. The summed E-state index contributed by atoms with van der Waals surface area (Å²) < 4.78 is 29.3. The van der Waals surface area contributed by atoms with Crippen molar-refractivity contribution < 1.29 is 22.6 Å². The predicted octanol–water partition coefficient (Wildman–Crippen LogP) is -1.20. The fourth-order valence-electron chi connectivity index (χ4n) is 1.25. The number of hydrogen-bond acceptors (Lipinski definition) is 7. The summed E-state index contributed by atoms with van der Waals surface area (Å²) in [6.07, 6.45) is 3.42. The van der Waals surface area contributed by atoms with E-state index in [1.807, 2.05) is 6.26 Å². The first-order valence-corrected chi connectivity index (χ1v) is 9.04. The molecule has 0 unspecified atom stereocenters. The van der Waals surface area contributed by atoms with Gasteiger partial charge in [-0.3, -0.25) is 14.8 Å². The second kappa shape index (κ2) is 11.0. The van der Waals surface area contributed by atoms with E-state index in [2.05, 4.69) is 16.2 Å². The van der Waals surface area contributed by atoms with Gasteiger partial charge >= 0.3 is 0 Å². The van der Waals surface area contributed by atoms with Gasteiger partial charge in [0.15, 0.2) is 0 Å². The molecule has 0 rings (SSSR count). The van der Waals surface area contributed by atoms with Crippen molar-refractivity contribution >= 4 is 34.1 Å². The van der Waals surface area contributed by atoms with Gasteiger partial charge in [0, 0.05) is 6.54 Å². The maximum Gasteiger partial charge on any atom is 0.264 e. The maximum atomic E-state index is 11.5. The summed E-state index contributed by atoms with van der Waals surface area (Å²) in [7, 11) is -3.94. The van der Waals surface area contributed by atoms with Crippen molar-refractivity contribution in [1.29, 1.82) is 0 Å². The predicted molar refractivity (Wildman–Crippen MR) is 78.0 cm³/mol. The second-order valence-corrected chi connectivity index (χ2v) is 6.57. The van der Waals surface area contributed by atoms with Crippen LogP contribution in [0.3, 0.4) is 0 Å². The molecule has 0 saturated heterocycles. The quantitative estimate of drug-likeness (QED) is 0.152. The molecule has 0 aliphatic rings. The molecule has 0 aromatic rings. The average molecular weight is 327 g/mol. The topological polar surface area (TPSA) is 125 Å². The number of nitrogens with one attached hydrogen (secondary N) is 3. The molecular weight excluding hydrogens is 306 g/mol. The standard InChI is InChI=1S/C10H21N3O5S2/c1-19-5-3-9(8-14)13-10(15)7-12-11-4-2-6-20(16,17)18/h8-9,11-12H,2-7H2,1H3,(H,13,15)(H,16,17,18)/t9-/m0/s1. The Morgan fingerprint density at radius 2 is 2.10 bits per heavy atom. The van der Waals surface area contributed by atoms with Gasteiger partial charge < -0.3 is 10.1 Å². The molecule has 0 radical (unpaired) electrons. The van der Waals surface area contributed by atoms with Crippen molar-refractivity contribution in [2.24, 2.45) is 0 Å². The Morgan fingerprint density at radius 3 is 2.65 bits per heavy atom. The number of hydrogen-bond donors (Lipinski definition) is 4. The minimum absolute atomic E-state index is 0.0323. The van der Waals surface area contributed by atoms with E-state index in [1.165, 1.54) is 0 Å². The summed E-state index contributed by atoms with van der Waals surface area (Å²) in [4.78, 5) is 22.2. The summed E-state index contributed by atoms with van der Waals surface area (Å²) in [5, 5.41) is 2.56. The van der Waals surface area contributed by atoms with Crippen molar-refractivity contribution in [3.63, 3.8) is 0 Å². The van der Waals surface area contributed by atoms with Crippen LogP contribution < -0.4 is 16.2 Å². The average Bonchev–Trinajstić information content (AvgIpc) is 2.37. The number of thioether (sulfide) groups is 1. The van der Waals surface area contributed by atoms with Gasteiger partial charge in [0.25, 0.3) is 10.1 Å². The molecule has 0 fully saturated rings. The largest absolute Gasteiger partial charge is 0.345 e. The van der Waals surface area contributed by atoms with Crippen molar-refractivity contribution in [3.05, 3.63) is 0 Å². The summed E-state index contributed by atoms with van der Waals surface area (Å²) >= 11 is 1.59. The highest BCUT2D eigenvalue weighted by molar-refractivity contribution is 7.98. The van der Waals surface area contributed by atoms with Crippen LogP contribution in [0, 0.1) is 0 Å². The van der Waals surface area contributed by atoms with Crippen LogP contribution in [0.2, 0.25) is 0 Å². The maximum absolute atomic E-state index is 11.5. The fraction of sp³-hybridized carbons (Fsp3) is 0.800. The minimum Gasteiger partial charge on any atom is -0.345 e. The molecule has 0 aromatic carbocycles. The summed E-state index contributed by atoms with van der Waals surface area (Å²) in [5.74, 6) is 0.117. The summed E-state index contributed by atoms with van der Waals surface area (Å²) in [6, 6.07) is -0.490. The number of carbonyl (C=O) groups is 2. The molecule has 0 aliphatic heterocycles. The third-order valence-corrected chi connectivity index (χ3v) is 3.67. The first-order chi connectivity index (χ1) is 9.39. The number of rotatable bonds is 12. The normalized spacial score (nSPS) is 12.9. The molecule has 0 spiro atoms. The Kier molecular flexibility index (Phi) is 10.7. The van der Waals surface area contributed by atoms with Crippen LogP contribution in [0.1, 0.15) is 12.8 Å². The van der Waals surface area contributed by atoms with Crippen LogP contribution in [0.4, 0.5) is 0 Å². The van der Waals surface area contributed by atoms with Crippen LogP contribution >= 0.6 is 11.8 Å². The molecule has 0 saturated carbocycles. The lowest BCUT2D eigenvalue weighted by molar-refractivity contribution is -0.123. The highest BCUT2D eigenvalue weighted by atomic mass is 32.2. The van der Waals surface area contributed by atoms with Gasteiger partial charge in [0.1, 0.15) is 6.29 Å². The van der Waals surface area contributed by atoms with Crippen molar-refractivity contribution in [1.82, 2.24) is 16.2 Å². The molecular formula is C10H21N3O5S2. The number of hydrazine groups is 1. The van der Waals surface area contributed by atoms with E-state index in [0.717, 1.165) is 5.75 Å². The van der Waals surface area contributed by atoms with Crippen molar-refractivity contribution in [2.45, 2.75) is 18.9 Å². The van der Waals surface area contributed by atoms with E-state index in [1.54, 1.807) is 11.8 Å². The van der Waals surface area contributed by atoms with Gasteiger partial charge in [0.05, 0.1) is 18.3 Å². The lowest BCUT2D eigenvalue weighted by atomic mass is 10.2. The zero-order valence-electron chi connectivity index (χ0n) is 11.3. The molecule has 0 aliphatic carbocycles. The number of aldehydes is 1. The van der Waals surface area contributed by atoms with Crippen LogP contribution in [0.15, 0.2) is 0 Å². The lowest BCUT2D eigenvalue weighted by Crippen LogP contribution is -2.45. The van der Waals surface area contributed by atoms with E-state index in [4.69, 9.17) is 4.55 Å². The van der Waals surface area contributed by atoms with Gasteiger partial charge in [-0.05, 0) is 24.9 Å². The van der Waals surface area contributed by atoms with E-state index >= 15 is 0 Å². The van der Waals surface area contributed by atoms with E-state index in [0.29, 0.717) is 12.7 Å². The molecule has 0 aromatic heterocycles. The Balaban J connectivity index is 3.64. The summed E-state index contributed by atoms with van der Waals surface area (Å²) in [5.41, 5.74) is 5.24. The molecule has 1 atom stereocenters. The zero-order valence-corrected chi connectivity index (χ0v) is 12.9. The third-order valence-electron chi connectivity index (χ3n) is 2.22. The van der Waals surface area contributed by atoms with Gasteiger partial charge in [-0.25, -0.2) is 5.43 Å². The Morgan fingerprint density at radius 1 is 1.40 bits per heavy atom. The highest BCUT2D eigenvalue weighted by Gasteiger charge is 2.10. The van der Waals surface area contributed by atoms with Gasteiger partial charge in [0.2, 0.25) is 5.91 Å².